The number of hydrogen-bond acceptors (Lipinski definition) is 18. The molecule has 61 heavy (non-hydrogen) atoms. The highest BCUT2D eigenvalue weighted by atomic mass is 32.2. The average Bonchev–Trinajstić information content (AvgIpc) is 3.73. The van der Waals surface area contributed by atoms with Crippen LogP contribution >= 0.6 is 35.2 Å². The summed E-state index contributed by atoms with van der Waals surface area (Å²) >= 11 is 1.03. The number of hydrogen-bond donors (Lipinski definition) is 9. The highest BCUT2D eigenvalue weighted by molar-refractivity contribution is 8.14. The van der Waals surface area contributed by atoms with Crippen LogP contribution in [0.2, 0.25) is 0 Å². The van der Waals surface area contributed by atoms with Crippen molar-refractivity contribution in [2.45, 2.75) is 83.5 Å². The van der Waals surface area contributed by atoms with Gasteiger partial charge < -0.3 is 50.9 Å². The number of fused-ring (bicyclic) bond motifs is 1. The summed E-state index contributed by atoms with van der Waals surface area (Å²) in [5.74, 6) is -1.15. The fourth-order valence-corrected chi connectivity index (χ4v) is 8.65. The third-order valence-corrected chi connectivity index (χ3v) is 12.3. The van der Waals surface area contributed by atoms with Gasteiger partial charge in [-0.15, -0.1) is 0 Å². The summed E-state index contributed by atoms with van der Waals surface area (Å²) in [7, 11) is -16.4. The maximum atomic E-state index is 12.7. The number of allylic oxidation sites excluding steroid dienone is 5. The number of unbranched alkanes of at least 4 members (excludes halogenated alkanes) is 1. The van der Waals surface area contributed by atoms with E-state index in [1.165, 1.54) is 19.9 Å². The first kappa shape index (κ1) is 52.1. The van der Waals surface area contributed by atoms with Gasteiger partial charge in [0.15, 0.2) is 17.7 Å². The molecule has 1 aliphatic rings. The number of aliphatic hydroxyl groups is 2. The van der Waals surface area contributed by atoms with Crippen molar-refractivity contribution >= 4 is 69.1 Å². The minimum Gasteiger partial charge on any atom is -0.386 e. The number of phosphoric ester groups is 3. The third kappa shape index (κ3) is 17.8. The smallest absolute Gasteiger partial charge is 0.386 e. The quantitative estimate of drug-likeness (QED) is 0.0281. The van der Waals surface area contributed by atoms with Crippen LogP contribution in [0.5, 0.6) is 0 Å². The van der Waals surface area contributed by atoms with E-state index in [0.29, 0.717) is 12.2 Å². The molecule has 1 fully saturated rings. The van der Waals surface area contributed by atoms with Crippen molar-refractivity contribution in [2.75, 3.05) is 37.8 Å². The van der Waals surface area contributed by atoms with Crippen LogP contribution in [0.15, 0.2) is 49.1 Å². The molecule has 0 aliphatic carbocycles. The summed E-state index contributed by atoms with van der Waals surface area (Å²) < 4.78 is 62.2. The molecule has 0 spiro atoms. The highest BCUT2D eigenvalue weighted by Gasteiger charge is 2.50. The van der Waals surface area contributed by atoms with Gasteiger partial charge in [-0.1, -0.05) is 69.3 Å². The molecule has 7 atom stereocenters. The van der Waals surface area contributed by atoms with Crippen LogP contribution < -0.4 is 16.4 Å². The molecule has 2 amide bonds. The van der Waals surface area contributed by atoms with Crippen molar-refractivity contribution in [3.8, 4) is 0 Å². The molecule has 0 bridgehead atoms. The predicted octanol–water partition coefficient (Wildman–Crippen LogP) is 1.91. The number of nitrogens with one attached hydrogen (secondary N) is 2. The molecule has 24 nitrogen and oxygen atoms in total. The first-order chi connectivity index (χ1) is 28.6. The molecule has 0 aromatic carbocycles. The van der Waals surface area contributed by atoms with Gasteiger partial charge in [-0.05, 0) is 25.3 Å². The molecule has 1 saturated heterocycles. The summed E-state index contributed by atoms with van der Waals surface area (Å²) in [4.78, 5) is 87.8. The first-order valence-electron chi connectivity index (χ1n) is 18.6. The summed E-state index contributed by atoms with van der Waals surface area (Å²) in [6.07, 6.45) is 8.06. The van der Waals surface area contributed by atoms with Crippen LogP contribution in [-0.2, 0) is 50.7 Å². The Balaban J connectivity index is 1.41. The number of nitrogen functional groups attached to an aromatic ring is 1. The van der Waals surface area contributed by atoms with Crippen LogP contribution in [0.25, 0.3) is 11.2 Å². The number of carbonyl (C=O) groups is 3. The second-order valence-electron chi connectivity index (χ2n) is 13.8. The Morgan fingerprint density at radius 3 is 2.36 bits per heavy atom. The number of imidazole rings is 1. The zero-order chi connectivity index (χ0) is 45.4. The number of phosphoric acid groups is 3. The second-order valence-corrected chi connectivity index (χ2v) is 19.2. The van der Waals surface area contributed by atoms with Gasteiger partial charge in [0.25, 0.3) is 0 Å². The molecule has 28 heteroatoms. The van der Waals surface area contributed by atoms with E-state index in [1.54, 1.807) is 6.08 Å². The van der Waals surface area contributed by atoms with Gasteiger partial charge in [0, 0.05) is 30.7 Å². The summed E-state index contributed by atoms with van der Waals surface area (Å²) in [5.41, 5.74) is 4.26. The molecule has 3 rings (SSSR count). The van der Waals surface area contributed by atoms with Gasteiger partial charge >= 0.3 is 23.5 Å². The Hall–Kier alpha value is -3.22. The number of amides is 2. The largest absolute Gasteiger partial charge is 0.481 e. The maximum Gasteiger partial charge on any atom is 0.481 e. The molecular formula is C33H52N7O17P3S. The Morgan fingerprint density at radius 2 is 1.67 bits per heavy atom. The maximum absolute atomic E-state index is 12.7. The van der Waals surface area contributed by atoms with Gasteiger partial charge in [-0.2, -0.15) is 4.31 Å². The van der Waals surface area contributed by atoms with E-state index in [-0.39, 0.29) is 41.6 Å². The fraction of sp³-hybridized carbons (Fsp3) is 0.576. The Labute approximate surface area is 354 Å². The Morgan fingerprint density at radius 1 is 1.00 bits per heavy atom. The molecule has 7 unspecified atom stereocenters. The number of thioether (sulfide) groups is 1. The van der Waals surface area contributed by atoms with Crippen molar-refractivity contribution < 1.29 is 80.5 Å². The number of nitrogens with zero attached hydrogens (tertiary/aromatic N) is 4. The molecule has 2 aromatic rings. The van der Waals surface area contributed by atoms with Crippen molar-refractivity contribution in [1.29, 1.82) is 0 Å². The van der Waals surface area contributed by atoms with E-state index < -0.39 is 84.6 Å². The molecule has 1 aliphatic heterocycles. The number of anilines is 1. The van der Waals surface area contributed by atoms with Crippen LogP contribution in [0.1, 0.15) is 59.1 Å². The van der Waals surface area contributed by atoms with Crippen molar-refractivity contribution in [1.82, 2.24) is 30.2 Å². The zero-order valence-electron chi connectivity index (χ0n) is 33.4. The second kappa shape index (κ2) is 24.0. The monoisotopic (exact) mass is 943 g/mol. The Kier molecular flexibility index (Phi) is 20.5. The number of aliphatic hydroxyl groups excluding tert-OH is 2. The predicted molar refractivity (Wildman–Crippen MR) is 219 cm³/mol. The lowest BCUT2D eigenvalue weighted by Crippen LogP contribution is -2.46. The Bertz CT molecular complexity index is 2030. The third-order valence-electron chi connectivity index (χ3n) is 8.33. The van der Waals surface area contributed by atoms with Gasteiger partial charge in [0.2, 0.25) is 16.9 Å². The molecule has 0 saturated carbocycles. The van der Waals surface area contributed by atoms with Crippen LogP contribution in [0.3, 0.4) is 0 Å². The first-order valence-corrected chi connectivity index (χ1v) is 24.1. The summed E-state index contributed by atoms with van der Waals surface area (Å²) in [6, 6.07) is 0. The highest BCUT2D eigenvalue weighted by Crippen LogP contribution is 2.61. The number of ether oxygens (including phenoxy) is 1. The van der Waals surface area contributed by atoms with Crippen molar-refractivity contribution in [3.63, 3.8) is 0 Å². The van der Waals surface area contributed by atoms with Gasteiger partial charge in [-0.25, -0.2) is 28.6 Å². The van der Waals surface area contributed by atoms with E-state index in [1.807, 2.05) is 12.2 Å². The molecule has 3 heterocycles. The fourth-order valence-electron chi connectivity index (χ4n) is 5.22. The van der Waals surface area contributed by atoms with Crippen molar-refractivity contribution in [3.05, 3.63) is 49.1 Å². The normalized spacial score (nSPS) is 21.3. The minimum absolute atomic E-state index is 0.0294. The minimum atomic E-state index is -5.58. The lowest BCUT2D eigenvalue weighted by Gasteiger charge is -2.30. The number of nitrogens with two attached hydrogens (primary N) is 1. The SMILES string of the molecule is CCC/C=C/C/C=C/C/C=C/C(=O)SCCNC(=O)CCNC(=O)C(O)C(C)(C)COP(=O)(O)OP(=O)(O)OCC1OC(n2cnc3c(N)ncnc32)C(O)C1OP(=O)(O)O. The lowest BCUT2D eigenvalue weighted by molar-refractivity contribution is -0.137. The van der Waals surface area contributed by atoms with Gasteiger partial charge in [0.05, 0.1) is 19.5 Å². The molecule has 0 radical (unpaired) electrons. The van der Waals surface area contributed by atoms with Crippen LogP contribution in [0.4, 0.5) is 5.82 Å². The van der Waals surface area contributed by atoms with Gasteiger partial charge in [-0.3, -0.25) is 32.5 Å². The molecule has 342 valence electrons. The summed E-state index contributed by atoms with van der Waals surface area (Å²) in [5, 5.41) is 26.3. The standard InChI is InChI=1S/C33H52N7O17P3S/c1-4-5-6-7-8-9-10-11-12-13-24(42)61-17-16-35-23(41)14-15-36-31(45)28(44)33(2,3)19-54-60(51,52)57-59(49,50)53-18-22-27(56-58(46,47)48)26(43)32(55-22)40-21-39-25-29(34)37-20-38-30(25)40/h6-7,9-10,12-13,20-22,26-28,32,43-44H,4-5,8,11,14-19H2,1-3H3,(H,35,41)(H,36,45)(H,49,50)(H,51,52)(H2,34,37,38)(H2,46,47,48)/b7-6+,10-9+,13-12+. The molecular weight excluding hydrogens is 891 g/mol. The van der Waals surface area contributed by atoms with E-state index in [4.69, 9.17) is 19.5 Å². The van der Waals surface area contributed by atoms with Crippen molar-refractivity contribution in [2.24, 2.45) is 5.41 Å². The van der Waals surface area contributed by atoms with Crippen LogP contribution in [0, 0.1) is 5.41 Å². The zero-order valence-corrected chi connectivity index (χ0v) is 36.9. The molecule has 2 aromatic heterocycles. The number of carbonyl (C=O) groups excluding carboxylic acids is 3. The van der Waals surface area contributed by atoms with E-state index in [9.17, 15) is 57.9 Å². The van der Waals surface area contributed by atoms with E-state index >= 15 is 0 Å². The average molecular weight is 944 g/mol. The topological polar surface area (TPSA) is 364 Å². The van der Waals surface area contributed by atoms with E-state index in [0.717, 1.165) is 48.2 Å². The van der Waals surface area contributed by atoms with Gasteiger partial charge in [0.1, 0.15) is 36.3 Å². The lowest BCUT2D eigenvalue weighted by atomic mass is 9.87. The van der Waals surface area contributed by atoms with Crippen LogP contribution in [-0.4, -0.2) is 123 Å². The number of rotatable bonds is 26. The number of aromatic nitrogens is 4. The van der Waals surface area contributed by atoms with E-state index in [2.05, 4.69) is 53.5 Å². The molecule has 10 N–H and O–H groups in total. The summed E-state index contributed by atoms with van der Waals surface area (Å²) in [6.45, 7) is 2.57.